The Bertz CT molecular complexity index is 3360. The summed E-state index contributed by atoms with van der Waals surface area (Å²) in [6.07, 6.45) is 0. The largest absolute Gasteiger partial charge is 0.309 e. The fraction of sp³-hybridized carbons (Fsp3) is 0. The van der Waals surface area contributed by atoms with Crippen molar-refractivity contribution < 1.29 is 0 Å². The highest BCUT2D eigenvalue weighted by Crippen LogP contribution is 2.42. The normalized spacial score (nSPS) is 11.6. The molecule has 8 aromatic carbocycles. The Labute approximate surface area is 316 Å². The highest BCUT2D eigenvalue weighted by Gasteiger charge is 2.22. The SMILES string of the molecule is N#Cc1ccc2c(c1)c1c(-n3c4ccccc4c4ccccc43)cccc1n2-c1ccc(-c2ccccc2-n2c3ccccc3c3ccccc32)c(C#N)c1. The van der Waals surface area contributed by atoms with Gasteiger partial charge in [0.1, 0.15) is 0 Å². The summed E-state index contributed by atoms with van der Waals surface area (Å²) in [4.78, 5) is 0. The van der Waals surface area contributed by atoms with Crippen LogP contribution >= 0.6 is 0 Å². The number of nitriles is 2. The van der Waals surface area contributed by atoms with E-state index in [0.29, 0.717) is 11.1 Å². The maximum absolute atomic E-state index is 10.8. The summed E-state index contributed by atoms with van der Waals surface area (Å²) in [6, 6.07) is 65.8. The van der Waals surface area contributed by atoms with Crippen LogP contribution < -0.4 is 0 Å². The quantitative estimate of drug-likeness (QED) is 0.184. The lowest BCUT2D eigenvalue weighted by atomic mass is 9.97. The van der Waals surface area contributed by atoms with Gasteiger partial charge in [0.15, 0.2) is 0 Å². The molecule has 11 aromatic rings. The van der Waals surface area contributed by atoms with Crippen LogP contribution in [0.1, 0.15) is 11.1 Å². The van der Waals surface area contributed by atoms with E-state index < -0.39 is 0 Å². The fourth-order valence-corrected chi connectivity index (χ4v) is 8.84. The summed E-state index contributed by atoms with van der Waals surface area (Å²) in [5.41, 5.74) is 12.4. The first-order chi connectivity index (χ1) is 27.2. The van der Waals surface area contributed by atoms with E-state index in [1.165, 1.54) is 21.5 Å². The van der Waals surface area contributed by atoms with Gasteiger partial charge in [0.25, 0.3) is 0 Å². The third-order valence-electron chi connectivity index (χ3n) is 11.1. The molecule has 0 radical (unpaired) electrons. The van der Waals surface area contributed by atoms with Gasteiger partial charge >= 0.3 is 0 Å². The van der Waals surface area contributed by atoms with Gasteiger partial charge in [0, 0.05) is 49.1 Å². The molecule has 55 heavy (non-hydrogen) atoms. The number of nitrogens with zero attached hydrogens (tertiary/aromatic N) is 5. The molecule has 0 bridgehead atoms. The molecule has 0 amide bonds. The number of fused-ring (bicyclic) bond motifs is 9. The van der Waals surface area contributed by atoms with Crippen molar-refractivity contribution in [2.75, 3.05) is 0 Å². The van der Waals surface area contributed by atoms with Crippen LogP contribution in [0.15, 0.2) is 176 Å². The molecule has 0 fully saturated rings. The Morgan fingerprint density at radius 3 is 1.45 bits per heavy atom. The van der Waals surface area contributed by atoms with Crippen LogP contribution in [0.25, 0.3) is 93.6 Å². The molecule has 5 heteroatoms. The Morgan fingerprint density at radius 2 is 0.855 bits per heavy atom. The number of para-hydroxylation sites is 5. The predicted octanol–water partition coefficient (Wildman–Crippen LogP) is 12.4. The predicted molar refractivity (Wildman–Crippen MR) is 224 cm³/mol. The molecule has 0 spiro atoms. The second-order valence-corrected chi connectivity index (χ2v) is 13.9. The molecular formula is C50H29N5. The lowest BCUT2D eigenvalue weighted by Gasteiger charge is -2.16. The highest BCUT2D eigenvalue weighted by atomic mass is 15.0. The molecule has 3 heterocycles. The zero-order chi connectivity index (χ0) is 36.6. The Kier molecular flexibility index (Phi) is 6.61. The van der Waals surface area contributed by atoms with Gasteiger partial charge in [-0.25, -0.2) is 0 Å². The van der Waals surface area contributed by atoms with Gasteiger partial charge in [-0.1, -0.05) is 103 Å². The number of rotatable bonds is 4. The molecule has 0 unspecified atom stereocenters. The van der Waals surface area contributed by atoms with Crippen molar-refractivity contribution in [3.05, 3.63) is 187 Å². The Hall–Kier alpha value is -7.86. The summed E-state index contributed by atoms with van der Waals surface area (Å²) in [5, 5.41) is 27.6. The van der Waals surface area contributed by atoms with Gasteiger partial charge in [-0.05, 0) is 72.8 Å². The number of hydrogen-bond acceptors (Lipinski definition) is 2. The molecule has 0 aliphatic rings. The first-order valence-corrected chi connectivity index (χ1v) is 18.3. The third kappa shape index (κ3) is 4.39. The fourth-order valence-electron chi connectivity index (χ4n) is 8.84. The molecule has 0 saturated heterocycles. The van der Waals surface area contributed by atoms with Gasteiger partial charge in [-0.15, -0.1) is 0 Å². The average Bonchev–Trinajstić information content (AvgIpc) is 3.89. The standard InChI is InChI=1S/C50H29N5/c51-30-32-24-27-47-41(28-32)50-48(22-11-23-49(50)55-45-20-9-4-15-39(45)40-16-5-10-21-46(40)55)53(47)34-25-26-35(33(29-34)31-52)36-12-1-6-17-42(36)54-43-18-7-2-13-37(43)38-14-3-8-19-44(38)54/h1-29H. The minimum atomic E-state index is 0.577. The van der Waals surface area contributed by atoms with Crippen molar-refractivity contribution in [1.29, 1.82) is 10.5 Å². The van der Waals surface area contributed by atoms with E-state index in [2.05, 4.69) is 171 Å². The number of benzene rings is 8. The van der Waals surface area contributed by atoms with Crippen molar-refractivity contribution in [3.8, 4) is 40.3 Å². The molecule has 5 nitrogen and oxygen atoms in total. The zero-order valence-corrected chi connectivity index (χ0v) is 29.5. The van der Waals surface area contributed by atoms with Gasteiger partial charge < -0.3 is 13.7 Å². The van der Waals surface area contributed by atoms with Crippen LogP contribution in [-0.4, -0.2) is 13.7 Å². The summed E-state index contributed by atoms with van der Waals surface area (Å²) in [5.74, 6) is 0. The number of hydrogen-bond donors (Lipinski definition) is 0. The minimum Gasteiger partial charge on any atom is -0.309 e. The molecule has 0 aliphatic carbocycles. The van der Waals surface area contributed by atoms with Crippen molar-refractivity contribution in [2.24, 2.45) is 0 Å². The van der Waals surface area contributed by atoms with E-state index in [1.54, 1.807) is 0 Å². The molecule has 3 aromatic heterocycles. The smallest absolute Gasteiger partial charge is 0.0998 e. The minimum absolute atomic E-state index is 0.577. The molecule has 0 N–H and O–H groups in total. The van der Waals surface area contributed by atoms with Crippen LogP contribution in [0.3, 0.4) is 0 Å². The van der Waals surface area contributed by atoms with Crippen molar-refractivity contribution in [3.63, 3.8) is 0 Å². The Morgan fingerprint density at radius 1 is 0.345 bits per heavy atom. The maximum Gasteiger partial charge on any atom is 0.0998 e. The van der Waals surface area contributed by atoms with E-state index in [1.807, 2.05) is 30.3 Å². The van der Waals surface area contributed by atoms with E-state index in [-0.39, 0.29) is 0 Å². The summed E-state index contributed by atoms with van der Waals surface area (Å²) in [7, 11) is 0. The summed E-state index contributed by atoms with van der Waals surface area (Å²) in [6.45, 7) is 0. The third-order valence-corrected chi connectivity index (χ3v) is 11.1. The van der Waals surface area contributed by atoms with Gasteiger partial charge in [0.05, 0.1) is 67.7 Å². The number of aromatic nitrogens is 3. The first-order valence-electron chi connectivity index (χ1n) is 18.3. The summed E-state index contributed by atoms with van der Waals surface area (Å²) >= 11 is 0. The zero-order valence-electron chi connectivity index (χ0n) is 29.5. The van der Waals surface area contributed by atoms with Gasteiger partial charge in [-0.2, -0.15) is 10.5 Å². The van der Waals surface area contributed by atoms with Crippen molar-refractivity contribution in [2.45, 2.75) is 0 Å². The lowest BCUT2D eigenvalue weighted by molar-refractivity contribution is 1.16. The molecule has 254 valence electrons. The average molecular weight is 700 g/mol. The van der Waals surface area contributed by atoms with E-state index in [0.717, 1.165) is 72.1 Å². The molecule has 0 saturated carbocycles. The van der Waals surface area contributed by atoms with Crippen LogP contribution in [-0.2, 0) is 0 Å². The van der Waals surface area contributed by atoms with Crippen LogP contribution in [0.5, 0.6) is 0 Å². The highest BCUT2D eigenvalue weighted by molar-refractivity contribution is 6.17. The first kappa shape index (κ1) is 30.7. The lowest BCUT2D eigenvalue weighted by Crippen LogP contribution is -2.00. The summed E-state index contributed by atoms with van der Waals surface area (Å²) < 4.78 is 6.88. The van der Waals surface area contributed by atoms with Crippen molar-refractivity contribution in [1.82, 2.24) is 13.7 Å². The topological polar surface area (TPSA) is 62.4 Å². The molecular weight excluding hydrogens is 671 g/mol. The van der Waals surface area contributed by atoms with Crippen LogP contribution in [0.4, 0.5) is 0 Å². The second kappa shape index (κ2) is 11.8. The molecule has 0 aliphatic heterocycles. The van der Waals surface area contributed by atoms with Crippen molar-refractivity contribution >= 4 is 65.4 Å². The monoisotopic (exact) mass is 699 g/mol. The van der Waals surface area contributed by atoms with E-state index in [4.69, 9.17) is 0 Å². The maximum atomic E-state index is 10.8. The van der Waals surface area contributed by atoms with Gasteiger partial charge in [-0.3, -0.25) is 0 Å². The van der Waals surface area contributed by atoms with E-state index in [9.17, 15) is 10.5 Å². The van der Waals surface area contributed by atoms with Gasteiger partial charge in [0.2, 0.25) is 0 Å². The Balaban J connectivity index is 1.16. The van der Waals surface area contributed by atoms with Crippen LogP contribution in [0, 0.1) is 22.7 Å². The molecule has 0 atom stereocenters. The molecule has 11 rings (SSSR count). The van der Waals surface area contributed by atoms with E-state index >= 15 is 0 Å². The van der Waals surface area contributed by atoms with Crippen LogP contribution in [0.2, 0.25) is 0 Å². The second-order valence-electron chi connectivity index (χ2n) is 13.9.